The number of esters is 1. The SMILES string of the molecule is COc1cccc(-c2ccc3c(c2)NC(=O)/C3=C\c2[nH]cc3c2CCOC3=O)c1. The van der Waals surface area contributed by atoms with Gasteiger partial charge in [0.15, 0.2) is 0 Å². The molecule has 0 radical (unpaired) electrons. The van der Waals surface area contributed by atoms with Crippen molar-refractivity contribution in [3.8, 4) is 16.9 Å². The van der Waals surface area contributed by atoms with Gasteiger partial charge in [0.25, 0.3) is 5.91 Å². The molecule has 6 nitrogen and oxygen atoms in total. The fraction of sp³-hybridized carbons (Fsp3) is 0.130. The zero-order chi connectivity index (χ0) is 20.0. The molecule has 0 aliphatic carbocycles. The summed E-state index contributed by atoms with van der Waals surface area (Å²) < 4.78 is 10.4. The van der Waals surface area contributed by atoms with E-state index in [9.17, 15) is 9.59 Å². The lowest BCUT2D eigenvalue weighted by Crippen LogP contribution is -2.16. The highest BCUT2D eigenvalue weighted by molar-refractivity contribution is 6.35. The van der Waals surface area contributed by atoms with Crippen molar-refractivity contribution in [3.63, 3.8) is 0 Å². The van der Waals surface area contributed by atoms with Crippen molar-refractivity contribution >= 4 is 29.2 Å². The topological polar surface area (TPSA) is 80.4 Å². The van der Waals surface area contributed by atoms with Gasteiger partial charge in [0.1, 0.15) is 5.75 Å². The largest absolute Gasteiger partial charge is 0.497 e. The summed E-state index contributed by atoms with van der Waals surface area (Å²) in [5.74, 6) is 0.290. The number of H-pyrrole nitrogens is 1. The number of aromatic amines is 1. The van der Waals surface area contributed by atoms with E-state index < -0.39 is 0 Å². The summed E-state index contributed by atoms with van der Waals surface area (Å²) in [6, 6.07) is 13.7. The molecule has 2 aromatic carbocycles. The minimum atomic E-state index is -0.327. The Kier molecular flexibility index (Phi) is 3.98. The van der Waals surface area contributed by atoms with E-state index in [0.717, 1.165) is 39.4 Å². The Bertz CT molecular complexity index is 1190. The molecular weight excluding hydrogens is 368 g/mol. The van der Waals surface area contributed by atoms with E-state index in [1.165, 1.54) is 0 Å². The lowest BCUT2D eigenvalue weighted by Gasteiger charge is -2.12. The Hall–Kier alpha value is -3.80. The van der Waals surface area contributed by atoms with Crippen molar-refractivity contribution in [2.75, 3.05) is 19.0 Å². The fourth-order valence-corrected chi connectivity index (χ4v) is 3.84. The second-order valence-corrected chi connectivity index (χ2v) is 6.98. The van der Waals surface area contributed by atoms with Crippen LogP contribution in [0.5, 0.6) is 5.75 Å². The first kappa shape index (κ1) is 17.3. The molecule has 3 aromatic rings. The number of aromatic nitrogens is 1. The van der Waals surface area contributed by atoms with E-state index >= 15 is 0 Å². The van der Waals surface area contributed by atoms with Gasteiger partial charge in [-0.3, -0.25) is 4.79 Å². The van der Waals surface area contributed by atoms with Crippen LogP contribution in [0.4, 0.5) is 5.69 Å². The van der Waals surface area contributed by atoms with Gasteiger partial charge in [-0.25, -0.2) is 4.79 Å². The van der Waals surface area contributed by atoms with Crippen molar-refractivity contribution in [1.82, 2.24) is 4.98 Å². The van der Waals surface area contributed by atoms with Crippen LogP contribution in [-0.4, -0.2) is 30.6 Å². The zero-order valence-corrected chi connectivity index (χ0v) is 15.7. The summed E-state index contributed by atoms with van der Waals surface area (Å²) in [6.45, 7) is 0.354. The van der Waals surface area contributed by atoms with Gasteiger partial charge in [-0.15, -0.1) is 0 Å². The number of fused-ring (bicyclic) bond motifs is 2. The molecule has 5 rings (SSSR count). The van der Waals surface area contributed by atoms with Crippen molar-refractivity contribution in [2.24, 2.45) is 0 Å². The summed E-state index contributed by atoms with van der Waals surface area (Å²) in [4.78, 5) is 27.6. The second-order valence-electron chi connectivity index (χ2n) is 6.98. The van der Waals surface area contributed by atoms with E-state index in [4.69, 9.17) is 9.47 Å². The van der Waals surface area contributed by atoms with Crippen LogP contribution in [0, 0.1) is 0 Å². The number of amides is 1. The third kappa shape index (κ3) is 2.89. The van der Waals surface area contributed by atoms with Crippen LogP contribution >= 0.6 is 0 Å². The normalized spacial score (nSPS) is 16.2. The summed E-state index contributed by atoms with van der Waals surface area (Å²) >= 11 is 0. The van der Waals surface area contributed by atoms with Crippen LogP contribution in [0.3, 0.4) is 0 Å². The molecule has 0 saturated heterocycles. The van der Waals surface area contributed by atoms with Crippen LogP contribution in [-0.2, 0) is 16.0 Å². The molecule has 0 fully saturated rings. The van der Waals surface area contributed by atoms with E-state index in [0.29, 0.717) is 24.2 Å². The first-order valence-electron chi connectivity index (χ1n) is 9.33. The van der Waals surface area contributed by atoms with E-state index in [-0.39, 0.29) is 11.9 Å². The zero-order valence-electron chi connectivity index (χ0n) is 15.7. The van der Waals surface area contributed by atoms with Gasteiger partial charge in [-0.2, -0.15) is 0 Å². The second kappa shape index (κ2) is 6.67. The van der Waals surface area contributed by atoms with Crippen molar-refractivity contribution in [2.45, 2.75) is 6.42 Å². The maximum Gasteiger partial charge on any atom is 0.339 e. The number of cyclic esters (lactones) is 1. The Balaban J connectivity index is 1.53. The highest BCUT2D eigenvalue weighted by Gasteiger charge is 2.27. The number of rotatable bonds is 3. The van der Waals surface area contributed by atoms with Crippen LogP contribution in [0.1, 0.15) is 27.2 Å². The van der Waals surface area contributed by atoms with Crippen LogP contribution in [0.2, 0.25) is 0 Å². The summed E-state index contributed by atoms with van der Waals surface area (Å²) in [7, 11) is 1.64. The number of hydrogen-bond acceptors (Lipinski definition) is 4. The molecule has 144 valence electrons. The number of ether oxygens (including phenoxy) is 2. The predicted octanol–water partition coefficient (Wildman–Crippen LogP) is 3.90. The molecular formula is C23H18N2O4. The van der Waals surface area contributed by atoms with Crippen molar-refractivity contribution < 1.29 is 19.1 Å². The third-order valence-electron chi connectivity index (χ3n) is 5.32. The van der Waals surface area contributed by atoms with Crippen LogP contribution < -0.4 is 10.1 Å². The van der Waals surface area contributed by atoms with Gasteiger partial charge in [0.05, 0.1) is 24.9 Å². The molecule has 0 saturated carbocycles. The summed E-state index contributed by atoms with van der Waals surface area (Å²) in [5.41, 5.74) is 6.37. The Labute approximate surface area is 167 Å². The van der Waals surface area contributed by atoms with Gasteiger partial charge < -0.3 is 19.8 Å². The van der Waals surface area contributed by atoms with Crippen molar-refractivity contribution in [3.05, 3.63) is 71.0 Å². The lowest BCUT2D eigenvalue weighted by molar-refractivity contribution is -0.110. The van der Waals surface area contributed by atoms with Gasteiger partial charge in [0.2, 0.25) is 0 Å². The number of anilines is 1. The maximum atomic E-state index is 12.6. The number of carbonyl (C=O) groups excluding carboxylic acids is 2. The minimum absolute atomic E-state index is 0.162. The number of carbonyl (C=O) groups is 2. The van der Waals surface area contributed by atoms with E-state index in [1.54, 1.807) is 13.3 Å². The van der Waals surface area contributed by atoms with Crippen molar-refractivity contribution in [1.29, 1.82) is 0 Å². The van der Waals surface area contributed by atoms with Crippen LogP contribution in [0.25, 0.3) is 22.8 Å². The molecule has 0 atom stereocenters. The van der Waals surface area contributed by atoms with Crippen LogP contribution in [0.15, 0.2) is 48.7 Å². The Morgan fingerprint density at radius 2 is 1.93 bits per heavy atom. The number of nitrogens with one attached hydrogen (secondary N) is 2. The molecule has 2 aliphatic heterocycles. The molecule has 0 spiro atoms. The first-order chi connectivity index (χ1) is 14.1. The molecule has 2 aliphatic rings. The van der Waals surface area contributed by atoms with Gasteiger partial charge >= 0.3 is 5.97 Å². The molecule has 0 bridgehead atoms. The number of hydrogen-bond donors (Lipinski definition) is 2. The average Bonchev–Trinajstić information content (AvgIpc) is 3.30. The quantitative estimate of drug-likeness (QED) is 0.529. The molecule has 2 N–H and O–H groups in total. The smallest absolute Gasteiger partial charge is 0.339 e. The summed E-state index contributed by atoms with van der Waals surface area (Å²) in [6.07, 6.45) is 4.08. The first-order valence-corrected chi connectivity index (χ1v) is 9.33. The molecule has 6 heteroatoms. The average molecular weight is 386 g/mol. The summed E-state index contributed by atoms with van der Waals surface area (Å²) in [5, 5.41) is 2.94. The maximum absolute atomic E-state index is 12.6. The Morgan fingerprint density at radius 1 is 1.07 bits per heavy atom. The Morgan fingerprint density at radius 3 is 2.79 bits per heavy atom. The fourth-order valence-electron chi connectivity index (χ4n) is 3.84. The monoisotopic (exact) mass is 386 g/mol. The van der Waals surface area contributed by atoms with Gasteiger partial charge in [0, 0.05) is 29.6 Å². The molecule has 0 unspecified atom stereocenters. The van der Waals surface area contributed by atoms with Gasteiger partial charge in [-0.1, -0.05) is 24.3 Å². The highest BCUT2D eigenvalue weighted by Crippen LogP contribution is 2.37. The lowest BCUT2D eigenvalue weighted by atomic mass is 9.98. The number of methoxy groups -OCH3 is 1. The van der Waals surface area contributed by atoms with E-state index in [2.05, 4.69) is 10.3 Å². The third-order valence-corrected chi connectivity index (χ3v) is 5.32. The minimum Gasteiger partial charge on any atom is -0.497 e. The highest BCUT2D eigenvalue weighted by atomic mass is 16.5. The molecule has 3 heterocycles. The predicted molar refractivity (Wildman–Crippen MR) is 110 cm³/mol. The molecule has 1 aromatic heterocycles. The van der Waals surface area contributed by atoms with E-state index in [1.807, 2.05) is 48.5 Å². The standard InChI is InChI=1S/C23H18N2O4/c1-28-15-4-2-3-13(9-15)14-5-6-16-18(22(26)25-21(16)10-14)11-20-17-7-8-29-23(27)19(17)12-24-20/h2-6,9-12,24H,7-8H2,1H3,(H,25,26)/b18-11-. The molecule has 1 amide bonds. The van der Waals surface area contributed by atoms with Gasteiger partial charge in [-0.05, 0) is 41.0 Å². The molecule has 29 heavy (non-hydrogen) atoms. The number of benzene rings is 2.